The molecule has 2 nitrogen and oxygen atoms in total. The highest BCUT2D eigenvalue weighted by Crippen LogP contribution is 2.14. The van der Waals surface area contributed by atoms with Crippen LogP contribution >= 0.6 is 0 Å². The first-order chi connectivity index (χ1) is 5.69. The Labute approximate surface area is 71.7 Å². The zero-order chi connectivity index (χ0) is 9.14. The van der Waals surface area contributed by atoms with E-state index >= 15 is 0 Å². The maximum absolute atomic E-state index is 8.70. The quantitative estimate of drug-likeness (QED) is 0.577. The van der Waals surface area contributed by atoms with Crippen LogP contribution in [0.4, 0.5) is 0 Å². The molecular weight excluding hydrogens is 148 g/mol. The molecule has 0 heterocycles. The predicted octanol–water partition coefficient (Wildman–Crippen LogP) is 2.05. The number of hydrogen-bond donors (Lipinski definition) is 0. The Balaban J connectivity index is 3.44. The molecule has 0 fully saturated rings. The van der Waals surface area contributed by atoms with E-state index in [-0.39, 0.29) is 0 Å². The molecule has 0 saturated carbocycles. The van der Waals surface area contributed by atoms with Gasteiger partial charge in [0.2, 0.25) is 0 Å². The van der Waals surface area contributed by atoms with Crippen LogP contribution in [0.5, 0.6) is 0 Å². The van der Waals surface area contributed by atoms with Gasteiger partial charge in [-0.3, -0.25) is 0 Å². The van der Waals surface area contributed by atoms with E-state index in [2.05, 4.69) is 6.07 Å². The number of rotatable bonds is 0. The first-order valence-corrected chi connectivity index (χ1v) is 3.60. The summed E-state index contributed by atoms with van der Waals surface area (Å²) in [4.78, 5) is 0. The SMILES string of the molecule is Cc1cc(C#N)cc(C#N)c1C. The smallest absolute Gasteiger partial charge is 0.0994 e. The van der Waals surface area contributed by atoms with Crippen LogP contribution in [-0.2, 0) is 0 Å². The maximum atomic E-state index is 8.70. The number of nitriles is 2. The van der Waals surface area contributed by atoms with E-state index in [0.29, 0.717) is 11.1 Å². The summed E-state index contributed by atoms with van der Waals surface area (Å²) in [5.41, 5.74) is 3.09. The molecule has 0 N–H and O–H groups in total. The molecule has 0 aliphatic carbocycles. The second kappa shape index (κ2) is 3.07. The van der Waals surface area contributed by atoms with Crippen LogP contribution < -0.4 is 0 Å². The Morgan fingerprint density at radius 2 is 1.75 bits per heavy atom. The molecule has 0 aliphatic rings. The zero-order valence-electron chi connectivity index (χ0n) is 7.05. The summed E-state index contributed by atoms with van der Waals surface area (Å²) >= 11 is 0. The van der Waals surface area contributed by atoms with Crippen LogP contribution in [-0.4, -0.2) is 0 Å². The van der Waals surface area contributed by atoms with Crippen molar-refractivity contribution < 1.29 is 0 Å². The van der Waals surface area contributed by atoms with Crippen molar-refractivity contribution in [2.75, 3.05) is 0 Å². The molecule has 0 aromatic heterocycles. The highest BCUT2D eigenvalue weighted by molar-refractivity contribution is 5.48. The molecule has 1 aromatic rings. The van der Waals surface area contributed by atoms with Crippen molar-refractivity contribution in [3.05, 3.63) is 34.4 Å². The van der Waals surface area contributed by atoms with Crippen LogP contribution in [0.25, 0.3) is 0 Å². The fourth-order valence-electron chi connectivity index (χ4n) is 1.04. The van der Waals surface area contributed by atoms with Gasteiger partial charge in [-0.1, -0.05) is 0 Å². The summed E-state index contributed by atoms with van der Waals surface area (Å²) in [6, 6.07) is 7.48. The van der Waals surface area contributed by atoms with Crippen molar-refractivity contribution >= 4 is 0 Å². The summed E-state index contributed by atoms with van der Waals surface area (Å²) in [5, 5.41) is 17.3. The van der Waals surface area contributed by atoms with E-state index in [4.69, 9.17) is 10.5 Å². The lowest BCUT2D eigenvalue weighted by Crippen LogP contribution is -1.89. The summed E-state index contributed by atoms with van der Waals surface area (Å²) in [6.45, 7) is 3.78. The molecule has 12 heavy (non-hydrogen) atoms. The fraction of sp³-hybridized carbons (Fsp3) is 0.200. The zero-order valence-corrected chi connectivity index (χ0v) is 7.05. The number of nitrogens with zero attached hydrogens (tertiary/aromatic N) is 2. The van der Waals surface area contributed by atoms with E-state index in [9.17, 15) is 0 Å². The summed E-state index contributed by atoms with van der Waals surface area (Å²) in [5.74, 6) is 0. The second-order valence-corrected chi connectivity index (χ2v) is 2.69. The third-order valence-electron chi connectivity index (χ3n) is 1.92. The van der Waals surface area contributed by atoms with Crippen LogP contribution in [0.1, 0.15) is 22.3 Å². The van der Waals surface area contributed by atoms with Crippen molar-refractivity contribution in [1.29, 1.82) is 10.5 Å². The van der Waals surface area contributed by atoms with Gasteiger partial charge in [-0.05, 0) is 37.1 Å². The van der Waals surface area contributed by atoms with E-state index in [0.717, 1.165) is 11.1 Å². The number of aryl methyl sites for hydroxylation is 1. The summed E-state index contributed by atoms with van der Waals surface area (Å²) in [6.07, 6.45) is 0. The highest BCUT2D eigenvalue weighted by atomic mass is 14.3. The lowest BCUT2D eigenvalue weighted by molar-refractivity contribution is 1.29. The number of benzene rings is 1. The Kier molecular flexibility index (Phi) is 2.12. The van der Waals surface area contributed by atoms with Crippen molar-refractivity contribution in [2.45, 2.75) is 13.8 Å². The van der Waals surface area contributed by atoms with Crippen molar-refractivity contribution in [1.82, 2.24) is 0 Å². The lowest BCUT2D eigenvalue weighted by Gasteiger charge is -2.01. The van der Waals surface area contributed by atoms with Gasteiger partial charge in [-0.2, -0.15) is 10.5 Å². The fourth-order valence-corrected chi connectivity index (χ4v) is 1.04. The molecule has 1 aromatic carbocycles. The van der Waals surface area contributed by atoms with E-state index in [1.165, 1.54) is 0 Å². The van der Waals surface area contributed by atoms with Gasteiger partial charge in [0.05, 0.1) is 23.3 Å². The molecule has 0 spiro atoms. The minimum absolute atomic E-state index is 0.551. The standard InChI is InChI=1S/C10H8N2/c1-7-3-9(5-11)4-10(6-12)8(7)2/h3-4H,1-2H3. The Morgan fingerprint density at radius 3 is 2.25 bits per heavy atom. The van der Waals surface area contributed by atoms with E-state index in [1.807, 2.05) is 19.9 Å². The van der Waals surface area contributed by atoms with Gasteiger partial charge < -0.3 is 0 Å². The molecular formula is C10H8N2. The Morgan fingerprint density at radius 1 is 1.08 bits per heavy atom. The third-order valence-corrected chi connectivity index (χ3v) is 1.92. The maximum Gasteiger partial charge on any atom is 0.0994 e. The third kappa shape index (κ3) is 1.28. The average Bonchev–Trinajstić information content (AvgIpc) is 2.09. The first-order valence-electron chi connectivity index (χ1n) is 3.60. The molecule has 0 unspecified atom stereocenters. The molecule has 0 aliphatic heterocycles. The van der Waals surface area contributed by atoms with Crippen LogP contribution in [0.15, 0.2) is 12.1 Å². The van der Waals surface area contributed by atoms with Crippen LogP contribution in [0.2, 0.25) is 0 Å². The largest absolute Gasteiger partial charge is 0.192 e. The van der Waals surface area contributed by atoms with Crippen molar-refractivity contribution in [2.24, 2.45) is 0 Å². The average molecular weight is 156 g/mol. The second-order valence-electron chi connectivity index (χ2n) is 2.69. The molecule has 0 bridgehead atoms. The Hall–Kier alpha value is -1.80. The normalized spacial score (nSPS) is 8.67. The lowest BCUT2D eigenvalue weighted by atomic mass is 10.0. The molecule has 0 radical (unpaired) electrons. The summed E-state index contributed by atoms with van der Waals surface area (Å²) < 4.78 is 0. The number of hydrogen-bond acceptors (Lipinski definition) is 2. The van der Waals surface area contributed by atoms with Gasteiger partial charge in [0.25, 0.3) is 0 Å². The molecule has 1 rings (SSSR count). The molecule has 58 valence electrons. The monoisotopic (exact) mass is 156 g/mol. The first kappa shape index (κ1) is 8.30. The topological polar surface area (TPSA) is 47.6 Å². The predicted molar refractivity (Wildman–Crippen MR) is 45.3 cm³/mol. The van der Waals surface area contributed by atoms with Gasteiger partial charge in [-0.15, -0.1) is 0 Å². The van der Waals surface area contributed by atoms with Gasteiger partial charge in [0.15, 0.2) is 0 Å². The molecule has 0 atom stereocenters. The summed E-state index contributed by atoms with van der Waals surface area (Å²) in [7, 11) is 0. The van der Waals surface area contributed by atoms with E-state index in [1.54, 1.807) is 12.1 Å². The van der Waals surface area contributed by atoms with Crippen molar-refractivity contribution in [3.8, 4) is 12.1 Å². The highest BCUT2D eigenvalue weighted by Gasteiger charge is 2.02. The molecule has 0 amide bonds. The van der Waals surface area contributed by atoms with Gasteiger partial charge >= 0.3 is 0 Å². The van der Waals surface area contributed by atoms with Gasteiger partial charge in [0, 0.05) is 0 Å². The Bertz CT molecular complexity index is 392. The van der Waals surface area contributed by atoms with E-state index < -0.39 is 0 Å². The van der Waals surface area contributed by atoms with Crippen LogP contribution in [0.3, 0.4) is 0 Å². The minimum atomic E-state index is 0.551. The van der Waals surface area contributed by atoms with Gasteiger partial charge in [-0.25, -0.2) is 0 Å². The van der Waals surface area contributed by atoms with Crippen molar-refractivity contribution in [3.63, 3.8) is 0 Å². The van der Waals surface area contributed by atoms with Gasteiger partial charge in [0.1, 0.15) is 0 Å². The molecule has 0 saturated heterocycles. The van der Waals surface area contributed by atoms with Crippen LogP contribution in [0, 0.1) is 36.5 Å². The minimum Gasteiger partial charge on any atom is -0.192 e. The molecule has 2 heteroatoms.